The number of sulfone groups is 2. The first kappa shape index (κ1) is 51.3. The molecule has 1 aliphatic heterocycles. The van der Waals surface area contributed by atoms with Gasteiger partial charge in [-0.15, -0.1) is 0 Å². The number of ether oxygens (including phenoxy) is 2. The minimum absolute atomic E-state index is 0. The topological polar surface area (TPSA) is 228 Å². The van der Waals surface area contributed by atoms with Crippen molar-refractivity contribution < 1.29 is 57.6 Å². The second kappa shape index (κ2) is 24.6. The third kappa shape index (κ3) is 19.3. The molecule has 1 aromatic heterocycles. The minimum atomic E-state index is -3.04. The van der Waals surface area contributed by atoms with Gasteiger partial charge in [0, 0.05) is 49.7 Å². The summed E-state index contributed by atoms with van der Waals surface area (Å²) in [4.78, 5) is 45.8. The van der Waals surface area contributed by atoms with E-state index >= 15 is 0 Å². The predicted octanol–water partition coefficient (Wildman–Crippen LogP) is 1.60. The number of halogens is 2. The number of aryl methyl sites for hydroxylation is 2. The molecule has 5 N–H and O–H groups in total. The minimum Gasteiger partial charge on any atom is -1.00 e. The number of hydrogen-bond donors (Lipinski definition) is 3. The van der Waals surface area contributed by atoms with Crippen molar-refractivity contribution >= 4 is 60.4 Å². The maximum absolute atomic E-state index is 13.3. The molecule has 1 saturated heterocycles. The van der Waals surface area contributed by atoms with E-state index in [0.717, 1.165) is 80.3 Å². The molecule has 0 saturated carbocycles. The Labute approximate surface area is 371 Å². The van der Waals surface area contributed by atoms with Crippen molar-refractivity contribution in [1.29, 1.82) is 0 Å². The van der Waals surface area contributed by atoms with Crippen molar-refractivity contribution in [1.82, 2.24) is 15.3 Å². The SMILES string of the molecule is CS(=O)(=O)CCCCC(=O)COc1ccc(CCC[N+]2(CCCc3ccc(OCC(=O)CCCCS(C)(=O)=O)cc3)CCC[C@H](NC(=O)c3nc(Cl)c(N)nc3N)C2)cc1.[Cl-]. The van der Waals surface area contributed by atoms with E-state index < -0.39 is 25.6 Å². The smallest absolute Gasteiger partial charge is 0.274 e. The lowest BCUT2D eigenvalue weighted by Gasteiger charge is -2.45. The van der Waals surface area contributed by atoms with Gasteiger partial charge in [0.2, 0.25) is 0 Å². The molecule has 0 aliphatic carbocycles. The van der Waals surface area contributed by atoms with E-state index in [4.69, 9.17) is 32.5 Å². The first-order valence-corrected chi connectivity index (χ1v) is 25.0. The molecule has 4 rings (SSSR count). The fourth-order valence-electron chi connectivity index (χ4n) is 7.41. The second-order valence-corrected chi connectivity index (χ2v) is 20.8. The number of hydrogen-bond acceptors (Lipinski definition) is 13. The molecule has 0 bridgehead atoms. The fourth-order valence-corrected chi connectivity index (χ4v) is 8.99. The molecule has 19 heteroatoms. The van der Waals surface area contributed by atoms with Gasteiger partial charge in [-0.3, -0.25) is 14.4 Å². The number of carbonyl (C=O) groups excluding carboxylic acids is 3. The number of amides is 1. The van der Waals surface area contributed by atoms with E-state index in [0.29, 0.717) is 37.2 Å². The quantitative estimate of drug-likeness (QED) is 0.0769. The van der Waals surface area contributed by atoms with Crippen molar-refractivity contribution in [2.45, 2.75) is 83.1 Å². The van der Waals surface area contributed by atoms with Crippen molar-refractivity contribution in [3.8, 4) is 11.5 Å². The van der Waals surface area contributed by atoms with Crippen LogP contribution in [0, 0.1) is 0 Å². The Morgan fingerprint density at radius 1 is 0.738 bits per heavy atom. The Kier molecular flexibility index (Phi) is 20.7. The lowest BCUT2D eigenvalue weighted by molar-refractivity contribution is -0.933. The van der Waals surface area contributed by atoms with Crippen LogP contribution < -0.4 is 38.7 Å². The number of piperidine rings is 1. The molecule has 15 nitrogen and oxygen atoms in total. The number of anilines is 2. The summed E-state index contributed by atoms with van der Waals surface area (Å²) in [6.07, 6.45) is 10.0. The lowest BCUT2D eigenvalue weighted by atomic mass is 9.99. The zero-order valence-corrected chi connectivity index (χ0v) is 38.2. The number of nitrogen functional groups attached to an aromatic ring is 2. The fraction of sp³-hybridized carbons (Fsp3) is 0.548. The monoisotopic (exact) mass is 926 g/mol. The molecule has 0 spiro atoms. The van der Waals surface area contributed by atoms with Crippen molar-refractivity contribution in [2.75, 3.05) is 74.9 Å². The predicted molar refractivity (Wildman–Crippen MR) is 234 cm³/mol. The van der Waals surface area contributed by atoms with Gasteiger partial charge in [0.1, 0.15) is 44.4 Å². The molecular weight excluding hydrogens is 868 g/mol. The number of quaternary nitrogens is 1. The summed E-state index contributed by atoms with van der Waals surface area (Å²) >= 11 is 6.06. The van der Waals surface area contributed by atoms with Gasteiger partial charge in [0.05, 0.1) is 32.2 Å². The Bertz CT molecular complexity index is 2020. The van der Waals surface area contributed by atoms with E-state index in [1.54, 1.807) is 0 Å². The van der Waals surface area contributed by atoms with Gasteiger partial charge < -0.3 is 43.1 Å². The molecule has 1 fully saturated rings. The Morgan fingerprint density at radius 2 is 1.21 bits per heavy atom. The van der Waals surface area contributed by atoms with E-state index in [-0.39, 0.29) is 90.1 Å². The van der Waals surface area contributed by atoms with E-state index in [1.165, 1.54) is 12.5 Å². The number of nitrogens with two attached hydrogens (primary N) is 2. The largest absolute Gasteiger partial charge is 1.00 e. The zero-order valence-electron chi connectivity index (χ0n) is 35.1. The summed E-state index contributed by atoms with van der Waals surface area (Å²) in [5.41, 5.74) is 13.9. The average molecular weight is 928 g/mol. The first-order valence-electron chi connectivity index (χ1n) is 20.5. The van der Waals surface area contributed by atoms with E-state index in [9.17, 15) is 31.2 Å². The van der Waals surface area contributed by atoms with Crippen LogP contribution in [0.5, 0.6) is 11.5 Å². The van der Waals surface area contributed by atoms with Crippen LogP contribution in [0.4, 0.5) is 11.6 Å². The Balaban J connectivity index is 0.00000992. The summed E-state index contributed by atoms with van der Waals surface area (Å²) in [6, 6.07) is 15.3. The van der Waals surface area contributed by atoms with E-state index in [2.05, 4.69) is 15.3 Å². The number of Topliss-reactive ketones (excluding diaryl/α,β-unsaturated/α-hetero) is 2. The van der Waals surface area contributed by atoms with Crippen molar-refractivity contribution in [3.63, 3.8) is 0 Å². The van der Waals surface area contributed by atoms with Gasteiger partial charge in [0.25, 0.3) is 5.91 Å². The number of unbranched alkanes of at least 4 members (excludes halogenated alkanes) is 2. The first-order chi connectivity index (χ1) is 28.4. The maximum Gasteiger partial charge on any atom is 0.274 e. The highest BCUT2D eigenvalue weighted by Gasteiger charge is 2.35. The van der Waals surface area contributed by atoms with Crippen LogP contribution in [0.1, 0.15) is 85.8 Å². The highest BCUT2D eigenvalue weighted by atomic mass is 35.5. The molecular formula is C42H60Cl2N6O9S2. The summed E-state index contributed by atoms with van der Waals surface area (Å²) in [5, 5.41) is 3.04. The number of carbonyl (C=O) groups is 3. The summed E-state index contributed by atoms with van der Waals surface area (Å²) < 4.78 is 57.4. The van der Waals surface area contributed by atoms with Crippen LogP contribution in [0.2, 0.25) is 5.15 Å². The van der Waals surface area contributed by atoms with Crippen LogP contribution in [-0.4, -0.2) is 118 Å². The van der Waals surface area contributed by atoms with Crippen molar-refractivity contribution in [2.24, 2.45) is 0 Å². The molecule has 338 valence electrons. The molecule has 3 aromatic rings. The number of benzene rings is 2. The second-order valence-electron chi connectivity index (χ2n) is 16.0. The number of nitrogens with zero attached hydrogens (tertiary/aromatic N) is 3. The summed E-state index contributed by atoms with van der Waals surface area (Å²) in [7, 11) is -6.07. The van der Waals surface area contributed by atoms with Crippen LogP contribution in [0.15, 0.2) is 48.5 Å². The Morgan fingerprint density at radius 3 is 1.67 bits per heavy atom. The standard InChI is InChI=1S/C42H59ClN6O9S2.ClH/c1-59(53,54)26-5-3-13-34(50)29-57-36-19-15-31(16-20-36)10-7-23-49(25-9-12-33(28-49)46-42(52)38-40(44)48-41(45)39(43)47-38)24-8-11-32-17-21-37(22-18-32)58-30-35(51)14-4-6-27-60(2,55)56;/h15-22,33H,3-14,23-30H2,1-2H3,(H4-,44,45,46,48,52);1H/t33-;/m0./s1. The molecule has 61 heavy (non-hydrogen) atoms. The molecule has 0 radical (unpaired) electrons. The summed E-state index contributed by atoms with van der Waals surface area (Å²) in [6.45, 7) is 3.36. The van der Waals surface area contributed by atoms with Crippen LogP contribution >= 0.6 is 11.6 Å². The van der Waals surface area contributed by atoms with E-state index in [1.807, 2.05) is 48.5 Å². The van der Waals surface area contributed by atoms with Gasteiger partial charge in [-0.2, -0.15) is 0 Å². The zero-order chi connectivity index (χ0) is 43.8. The van der Waals surface area contributed by atoms with Gasteiger partial charge in [-0.25, -0.2) is 26.8 Å². The number of rotatable bonds is 26. The van der Waals surface area contributed by atoms with Gasteiger partial charge in [-0.05, 0) is 86.8 Å². The third-order valence-corrected chi connectivity index (χ3v) is 12.9. The average Bonchev–Trinajstić information content (AvgIpc) is 3.18. The number of nitrogens with one attached hydrogen (secondary N) is 1. The van der Waals surface area contributed by atoms with Crippen LogP contribution in [0.25, 0.3) is 0 Å². The van der Waals surface area contributed by atoms with Gasteiger partial charge >= 0.3 is 0 Å². The Hall–Kier alpha value is -4.03. The van der Waals surface area contributed by atoms with Crippen LogP contribution in [0.3, 0.4) is 0 Å². The normalized spacial score (nSPS) is 15.0. The van der Waals surface area contributed by atoms with Gasteiger partial charge in [-0.1, -0.05) is 35.9 Å². The van der Waals surface area contributed by atoms with Crippen molar-refractivity contribution in [3.05, 3.63) is 70.5 Å². The highest BCUT2D eigenvalue weighted by Crippen LogP contribution is 2.25. The van der Waals surface area contributed by atoms with Crippen LogP contribution in [-0.2, 0) is 42.1 Å². The maximum atomic E-state index is 13.3. The highest BCUT2D eigenvalue weighted by molar-refractivity contribution is 7.90. The molecule has 2 aromatic carbocycles. The molecule has 1 atom stereocenters. The number of likely N-dealkylation sites (tertiary alicyclic amines) is 1. The van der Waals surface area contributed by atoms with Gasteiger partial charge in [0.15, 0.2) is 34.0 Å². The number of ketones is 2. The molecule has 1 amide bonds. The molecule has 2 heterocycles. The number of aromatic nitrogens is 2. The molecule has 0 unspecified atom stereocenters. The summed E-state index contributed by atoms with van der Waals surface area (Å²) in [5.74, 6) is 0.633. The molecule has 1 aliphatic rings. The lowest BCUT2D eigenvalue weighted by Crippen LogP contribution is -3.00. The third-order valence-electron chi connectivity index (χ3n) is 10.5.